The summed E-state index contributed by atoms with van der Waals surface area (Å²) in [6.45, 7) is 0.118. The number of hydrogen-bond acceptors (Lipinski definition) is 8. The molecule has 0 spiro atoms. The van der Waals surface area contributed by atoms with Gasteiger partial charge in [-0.1, -0.05) is 6.07 Å². The van der Waals surface area contributed by atoms with Crippen molar-refractivity contribution in [3.63, 3.8) is 0 Å². The summed E-state index contributed by atoms with van der Waals surface area (Å²) in [5, 5.41) is 15.4. The van der Waals surface area contributed by atoms with Gasteiger partial charge >= 0.3 is 5.97 Å². The number of carboxylic acid groups (broad SMARTS) is 1. The van der Waals surface area contributed by atoms with Crippen LogP contribution in [-0.4, -0.2) is 49.4 Å². The molecule has 1 amide bonds. The quantitative estimate of drug-likeness (QED) is 0.449. The van der Waals surface area contributed by atoms with Gasteiger partial charge in [-0.05, 0) is 36.0 Å². The Kier molecular flexibility index (Phi) is 6.68. The van der Waals surface area contributed by atoms with Crippen LogP contribution in [-0.2, 0) is 27.2 Å². The summed E-state index contributed by atoms with van der Waals surface area (Å²) in [5.74, 6) is -2.41. The number of benzene rings is 1. The fourth-order valence-corrected chi connectivity index (χ4v) is 4.38. The Bertz CT molecular complexity index is 985. The summed E-state index contributed by atoms with van der Waals surface area (Å²) >= 11 is 6.39. The van der Waals surface area contributed by atoms with Crippen LogP contribution in [0.5, 0.6) is 5.75 Å². The number of carboxylic acids is 1. The number of thiocarbonyl (C=S) groups is 1. The number of hydrogen-bond donors (Lipinski definition) is 3. The molecular formula is C19H20N2O7S2. The molecule has 0 radical (unpaired) electrons. The number of rotatable bonds is 6. The average Bonchev–Trinajstić information content (AvgIpc) is 3.10. The highest BCUT2D eigenvalue weighted by Gasteiger charge is 2.40. The van der Waals surface area contributed by atoms with Crippen LogP contribution in [0.25, 0.3) is 0 Å². The molecule has 2 heterocycles. The maximum absolute atomic E-state index is 12.4. The van der Waals surface area contributed by atoms with Crippen LogP contribution < -0.4 is 15.4 Å². The SMILES string of the molecule is COc1cccc(C(=O)NC(=S)Nc2sc3c(c2C(=O)O)CC(OC)(OC)OC3)c1. The van der Waals surface area contributed by atoms with E-state index in [2.05, 4.69) is 10.6 Å². The van der Waals surface area contributed by atoms with Crippen LogP contribution in [0.2, 0.25) is 0 Å². The van der Waals surface area contributed by atoms with Crippen LogP contribution in [0, 0.1) is 0 Å². The summed E-state index contributed by atoms with van der Waals surface area (Å²) in [4.78, 5) is 25.1. The Labute approximate surface area is 181 Å². The number of nitrogens with one attached hydrogen (secondary N) is 2. The zero-order chi connectivity index (χ0) is 21.9. The molecule has 3 N–H and O–H groups in total. The van der Waals surface area contributed by atoms with Crippen molar-refractivity contribution in [3.05, 3.63) is 45.8 Å². The molecule has 0 unspecified atom stereocenters. The van der Waals surface area contributed by atoms with Crippen molar-refractivity contribution in [1.29, 1.82) is 0 Å². The number of amides is 1. The topological polar surface area (TPSA) is 115 Å². The van der Waals surface area contributed by atoms with Crippen LogP contribution in [0.15, 0.2) is 24.3 Å². The van der Waals surface area contributed by atoms with Gasteiger partial charge in [-0.3, -0.25) is 10.1 Å². The summed E-state index contributed by atoms with van der Waals surface area (Å²) in [6.07, 6.45) is 0.0953. The van der Waals surface area contributed by atoms with Crippen molar-refractivity contribution >= 4 is 45.5 Å². The minimum Gasteiger partial charge on any atom is -0.497 e. The van der Waals surface area contributed by atoms with E-state index in [9.17, 15) is 14.7 Å². The van der Waals surface area contributed by atoms with Crippen molar-refractivity contribution in [2.24, 2.45) is 0 Å². The Morgan fingerprint density at radius 1 is 1.27 bits per heavy atom. The molecule has 11 heteroatoms. The van der Waals surface area contributed by atoms with Gasteiger partial charge in [0.1, 0.15) is 10.8 Å². The molecule has 0 bridgehead atoms. The van der Waals surface area contributed by atoms with Crippen LogP contribution >= 0.6 is 23.6 Å². The first-order valence-electron chi connectivity index (χ1n) is 8.71. The van der Waals surface area contributed by atoms with Crippen LogP contribution in [0.3, 0.4) is 0 Å². The number of carbonyl (C=O) groups excluding carboxylic acids is 1. The zero-order valence-corrected chi connectivity index (χ0v) is 18.1. The molecule has 1 aromatic heterocycles. The number of aromatic carboxylic acids is 1. The molecule has 9 nitrogen and oxygen atoms in total. The van der Waals surface area contributed by atoms with E-state index in [1.54, 1.807) is 24.3 Å². The van der Waals surface area contributed by atoms with Crippen molar-refractivity contribution in [3.8, 4) is 5.75 Å². The van der Waals surface area contributed by atoms with Gasteiger partial charge in [0, 0.05) is 24.7 Å². The Hall–Kier alpha value is -2.57. The molecule has 0 aliphatic carbocycles. The zero-order valence-electron chi connectivity index (χ0n) is 16.4. The van der Waals surface area contributed by atoms with E-state index < -0.39 is 17.8 Å². The van der Waals surface area contributed by atoms with E-state index in [4.69, 9.17) is 31.2 Å². The first-order valence-corrected chi connectivity index (χ1v) is 9.93. The first-order chi connectivity index (χ1) is 14.3. The Balaban J connectivity index is 1.80. The van der Waals surface area contributed by atoms with Gasteiger partial charge in [0.25, 0.3) is 11.9 Å². The normalized spacial score (nSPS) is 14.5. The van der Waals surface area contributed by atoms with Crippen LogP contribution in [0.4, 0.5) is 5.00 Å². The van der Waals surface area contributed by atoms with E-state index in [0.717, 1.165) is 0 Å². The lowest BCUT2D eigenvalue weighted by Gasteiger charge is -2.33. The number of ether oxygens (including phenoxy) is 4. The highest BCUT2D eigenvalue weighted by atomic mass is 32.1. The molecule has 30 heavy (non-hydrogen) atoms. The van der Waals surface area contributed by atoms with Gasteiger partial charge in [-0.15, -0.1) is 11.3 Å². The molecule has 1 aliphatic heterocycles. The Morgan fingerprint density at radius 3 is 2.63 bits per heavy atom. The summed E-state index contributed by atoms with van der Waals surface area (Å²) in [5.41, 5.74) is 0.919. The van der Waals surface area contributed by atoms with Crippen molar-refractivity contribution in [2.75, 3.05) is 26.6 Å². The van der Waals surface area contributed by atoms with Crippen molar-refractivity contribution in [2.45, 2.75) is 19.0 Å². The molecule has 2 aromatic rings. The first kappa shape index (κ1) is 22.1. The predicted octanol–water partition coefficient (Wildman–Crippen LogP) is 2.60. The van der Waals surface area contributed by atoms with E-state index in [-0.39, 0.29) is 28.7 Å². The lowest BCUT2D eigenvalue weighted by molar-refractivity contribution is -0.370. The molecule has 3 rings (SSSR count). The number of fused-ring (bicyclic) bond motifs is 1. The molecule has 0 saturated carbocycles. The van der Waals surface area contributed by atoms with Crippen molar-refractivity contribution in [1.82, 2.24) is 5.32 Å². The van der Waals surface area contributed by atoms with Gasteiger partial charge in [-0.2, -0.15) is 0 Å². The molecule has 1 aliphatic rings. The number of thiophene rings is 1. The summed E-state index contributed by atoms with van der Waals surface area (Å²) < 4.78 is 21.3. The van der Waals surface area contributed by atoms with Crippen LogP contribution in [0.1, 0.15) is 31.2 Å². The Morgan fingerprint density at radius 2 is 2.00 bits per heavy atom. The third-order valence-electron chi connectivity index (χ3n) is 4.53. The lowest BCUT2D eigenvalue weighted by Crippen LogP contribution is -2.42. The third-order valence-corrected chi connectivity index (χ3v) is 5.85. The minimum atomic E-state index is -1.35. The van der Waals surface area contributed by atoms with E-state index in [1.165, 1.54) is 32.7 Å². The van der Waals surface area contributed by atoms with Gasteiger partial charge in [0.15, 0.2) is 5.11 Å². The predicted molar refractivity (Wildman–Crippen MR) is 113 cm³/mol. The number of anilines is 1. The molecule has 0 fully saturated rings. The van der Waals surface area contributed by atoms with E-state index in [1.807, 2.05) is 0 Å². The largest absolute Gasteiger partial charge is 0.497 e. The molecule has 160 valence electrons. The second-order valence-corrected chi connectivity index (χ2v) is 7.72. The smallest absolute Gasteiger partial charge is 0.339 e. The second-order valence-electron chi connectivity index (χ2n) is 6.21. The lowest BCUT2D eigenvalue weighted by atomic mass is 10.0. The van der Waals surface area contributed by atoms with Gasteiger partial charge in [0.05, 0.1) is 25.7 Å². The molecule has 1 aromatic carbocycles. The third kappa shape index (κ3) is 4.45. The summed E-state index contributed by atoms with van der Waals surface area (Å²) in [7, 11) is 4.34. The second kappa shape index (κ2) is 9.06. The monoisotopic (exact) mass is 452 g/mol. The molecule has 0 saturated heterocycles. The maximum Gasteiger partial charge on any atom is 0.339 e. The summed E-state index contributed by atoms with van der Waals surface area (Å²) in [6, 6.07) is 6.57. The standard InChI is InChI=1S/C19H20N2O7S2/c1-25-11-6-4-5-10(7-11)15(22)20-18(29)21-16-14(17(23)24)12-8-19(26-2,27-3)28-9-13(12)30-16/h4-7H,8-9H2,1-3H3,(H,23,24)(H2,20,21,22,29). The highest BCUT2D eigenvalue weighted by Crippen LogP contribution is 2.41. The molecular weight excluding hydrogens is 432 g/mol. The fraction of sp³-hybridized carbons (Fsp3) is 0.316. The van der Waals surface area contributed by atoms with Crippen molar-refractivity contribution < 1.29 is 33.6 Å². The van der Waals surface area contributed by atoms with E-state index >= 15 is 0 Å². The maximum atomic E-state index is 12.4. The number of carbonyl (C=O) groups is 2. The van der Waals surface area contributed by atoms with Gasteiger partial charge in [0.2, 0.25) is 0 Å². The van der Waals surface area contributed by atoms with Gasteiger partial charge < -0.3 is 29.4 Å². The highest BCUT2D eigenvalue weighted by molar-refractivity contribution is 7.80. The molecule has 0 atom stereocenters. The average molecular weight is 453 g/mol. The van der Waals surface area contributed by atoms with E-state index in [0.29, 0.717) is 21.8 Å². The number of methoxy groups -OCH3 is 3. The fourth-order valence-electron chi connectivity index (χ4n) is 2.99. The minimum absolute atomic E-state index is 0.0328. The van der Waals surface area contributed by atoms with Gasteiger partial charge in [-0.25, -0.2) is 4.79 Å².